The zero-order valence-electron chi connectivity index (χ0n) is 18.7. The van der Waals surface area contributed by atoms with Gasteiger partial charge in [-0.15, -0.1) is 0 Å². The molecule has 0 radical (unpaired) electrons. The first-order valence-corrected chi connectivity index (χ1v) is 12.1. The maximum atomic E-state index is 12.6. The Bertz CT molecular complexity index is 1050. The SMILES string of the molecule is Cc1ccc(NC(=O)CN(C)[C@@H](C)C(=O)Nc2ccc(S(=O)(=O)N3CCCC3)cc2)cc1. The van der Waals surface area contributed by atoms with E-state index >= 15 is 0 Å². The monoisotopic (exact) mass is 458 g/mol. The highest BCUT2D eigenvalue weighted by Gasteiger charge is 2.27. The van der Waals surface area contributed by atoms with Crippen molar-refractivity contribution in [2.24, 2.45) is 0 Å². The van der Waals surface area contributed by atoms with Crippen molar-refractivity contribution < 1.29 is 18.0 Å². The smallest absolute Gasteiger partial charge is 0.243 e. The number of aryl methyl sites for hydroxylation is 1. The summed E-state index contributed by atoms with van der Waals surface area (Å²) in [4.78, 5) is 26.8. The number of nitrogens with one attached hydrogen (secondary N) is 2. The lowest BCUT2D eigenvalue weighted by Crippen LogP contribution is -2.43. The molecule has 1 fully saturated rings. The van der Waals surface area contributed by atoms with Crippen LogP contribution < -0.4 is 10.6 Å². The number of amides is 2. The molecular weight excluding hydrogens is 428 g/mol. The van der Waals surface area contributed by atoms with Gasteiger partial charge in [0.05, 0.1) is 17.5 Å². The molecule has 2 N–H and O–H groups in total. The molecule has 172 valence electrons. The van der Waals surface area contributed by atoms with E-state index in [1.54, 1.807) is 31.0 Å². The minimum Gasteiger partial charge on any atom is -0.325 e. The Morgan fingerprint density at radius 2 is 1.50 bits per heavy atom. The number of anilines is 2. The van der Waals surface area contributed by atoms with Gasteiger partial charge in [0.1, 0.15) is 0 Å². The molecule has 0 aliphatic carbocycles. The number of carbonyl (C=O) groups excluding carboxylic acids is 2. The number of sulfonamides is 1. The number of nitrogens with zero attached hydrogens (tertiary/aromatic N) is 2. The van der Waals surface area contributed by atoms with E-state index in [0.29, 0.717) is 24.5 Å². The second kappa shape index (κ2) is 10.2. The molecule has 2 aromatic carbocycles. The van der Waals surface area contributed by atoms with Crippen molar-refractivity contribution in [3.05, 3.63) is 54.1 Å². The van der Waals surface area contributed by atoms with Gasteiger partial charge in [0, 0.05) is 24.5 Å². The van der Waals surface area contributed by atoms with Gasteiger partial charge in [-0.2, -0.15) is 4.31 Å². The van der Waals surface area contributed by atoms with Crippen LogP contribution in [0.4, 0.5) is 11.4 Å². The summed E-state index contributed by atoms with van der Waals surface area (Å²) in [5.41, 5.74) is 2.31. The molecule has 1 saturated heterocycles. The summed E-state index contributed by atoms with van der Waals surface area (Å²) in [5, 5.41) is 5.59. The Hall–Kier alpha value is -2.75. The highest BCUT2D eigenvalue weighted by atomic mass is 32.2. The van der Waals surface area contributed by atoms with Crippen molar-refractivity contribution in [1.82, 2.24) is 9.21 Å². The molecule has 32 heavy (non-hydrogen) atoms. The zero-order valence-corrected chi connectivity index (χ0v) is 19.5. The second-order valence-corrected chi connectivity index (χ2v) is 10.1. The first kappa shape index (κ1) is 23.9. The fourth-order valence-corrected chi connectivity index (χ4v) is 4.95. The number of likely N-dealkylation sites (N-methyl/N-ethyl adjacent to an activating group) is 1. The van der Waals surface area contributed by atoms with Crippen LogP contribution in [-0.4, -0.2) is 62.2 Å². The molecule has 1 heterocycles. The number of carbonyl (C=O) groups is 2. The molecule has 1 atom stereocenters. The first-order chi connectivity index (χ1) is 15.2. The van der Waals surface area contributed by atoms with Gasteiger partial charge < -0.3 is 10.6 Å². The Morgan fingerprint density at radius 3 is 2.09 bits per heavy atom. The summed E-state index contributed by atoms with van der Waals surface area (Å²) in [7, 11) is -1.79. The molecule has 0 aromatic heterocycles. The maximum Gasteiger partial charge on any atom is 0.243 e. The number of benzene rings is 2. The molecular formula is C23H30N4O4S. The van der Waals surface area contributed by atoms with Gasteiger partial charge in [-0.25, -0.2) is 8.42 Å². The lowest BCUT2D eigenvalue weighted by Gasteiger charge is -2.23. The van der Waals surface area contributed by atoms with Crippen molar-refractivity contribution in [3.8, 4) is 0 Å². The Labute approximate surface area is 189 Å². The number of hydrogen-bond donors (Lipinski definition) is 2. The molecule has 9 heteroatoms. The van der Waals surface area contributed by atoms with Gasteiger partial charge in [0.25, 0.3) is 0 Å². The molecule has 1 aliphatic heterocycles. The highest BCUT2D eigenvalue weighted by Crippen LogP contribution is 2.22. The van der Waals surface area contributed by atoms with Crippen LogP contribution >= 0.6 is 0 Å². The Balaban J connectivity index is 1.54. The van der Waals surface area contributed by atoms with E-state index in [0.717, 1.165) is 18.4 Å². The average Bonchev–Trinajstić information content (AvgIpc) is 3.31. The van der Waals surface area contributed by atoms with Crippen LogP contribution in [0.2, 0.25) is 0 Å². The fourth-order valence-electron chi connectivity index (χ4n) is 3.44. The second-order valence-electron chi connectivity index (χ2n) is 8.13. The first-order valence-electron chi connectivity index (χ1n) is 10.6. The maximum absolute atomic E-state index is 12.6. The lowest BCUT2D eigenvalue weighted by atomic mass is 10.2. The van der Waals surface area contributed by atoms with E-state index in [1.807, 2.05) is 31.2 Å². The fraction of sp³-hybridized carbons (Fsp3) is 0.391. The standard InChI is InChI=1S/C23H30N4O4S/c1-17-6-8-19(9-7-17)24-22(28)16-26(3)18(2)23(29)25-20-10-12-21(13-11-20)32(30,31)27-14-4-5-15-27/h6-13,18H,4-5,14-16H2,1-3H3,(H,24,28)(H,25,29)/t18-/m0/s1. The quantitative estimate of drug-likeness (QED) is 0.634. The van der Waals surface area contributed by atoms with E-state index < -0.39 is 16.1 Å². The summed E-state index contributed by atoms with van der Waals surface area (Å²) >= 11 is 0. The molecule has 1 aliphatic rings. The van der Waals surface area contributed by atoms with Crippen LogP contribution in [0.25, 0.3) is 0 Å². The third-order valence-corrected chi connectivity index (χ3v) is 7.51. The minimum absolute atomic E-state index is 0.0511. The topological polar surface area (TPSA) is 98.8 Å². The van der Waals surface area contributed by atoms with Crippen molar-refractivity contribution in [2.45, 2.75) is 37.6 Å². The zero-order chi connectivity index (χ0) is 23.3. The molecule has 8 nitrogen and oxygen atoms in total. The van der Waals surface area contributed by atoms with Crippen LogP contribution in [0.3, 0.4) is 0 Å². The predicted molar refractivity (Wildman–Crippen MR) is 125 cm³/mol. The summed E-state index contributed by atoms with van der Waals surface area (Å²) in [5.74, 6) is -0.502. The lowest BCUT2D eigenvalue weighted by molar-refractivity contribution is -0.122. The van der Waals surface area contributed by atoms with Crippen molar-refractivity contribution >= 4 is 33.2 Å². The van der Waals surface area contributed by atoms with E-state index in [2.05, 4.69) is 10.6 Å². The van der Waals surface area contributed by atoms with Crippen molar-refractivity contribution in [1.29, 1.82) is 0 Å². The number of hydrogen-bond acceptors (Lipinski definition) is 5. The van der Waals surface area contributed by atoms with E-state index in [1.165, 1.54) is 16.4 Å². The summed E-state index contributed by atoms with van der Waals surface area (Å²) in [6, 6.07) is 13.1. The van der Waals surface area contributed by atoms with Gasteiger partial charge in [0.2, 0.25) is 21.8 Å². The van der Waals surface area contributed by atoms with Crippen LogP contribution in [0.15, 0.2) is 53.4 Å². The van der Waals surface area contributed by atoms with Crippen LogP contribution in [0.1, 0.15) is 25.3 Å². The van der Waals surface area contributed by atoms with Gasteiger partial charge in [-0.1, -0.05) is 17.7 Å². The third kappa shape index (κ3) is 5.93. The third-order valence-electron chi connectivity index (χ3n) is 5.59. The molecule has 0 unspecified atom stereocenters. The van der Waals surface area contributed by atoms with Gasteiger partial charge in [-0.3, -0.25) is 14.5 Å². The predicted octanol–water partition coefficient (Wildman–Crippen LogP) is 2.68. The van der Waals surface area contributed by atoms with Crippen LogP contribution in [-0.2, 0) is 19.6 Å². The van der Waals surface area contributed by atoms with E-state index in [9.17, 15) is 18.0 Å². The Morgan fingerprint density at radius 1 is 0.969 bits per heavy atom. The Kier molecular flexibility index (Phi) is 7.65. The molecule has 2 amide bonds. The molecule has 0 bridgehead atoms. The minimum atomic E-state index is -3.49. The summed E-state index contributed by atoms with van der Waals surface area (Å²) in [6.45, 7) is 4.82. The molecule has 3 rings (SSSR count). The van der Waals surface area contributed by atoms with Crippen LogP contribution in [0, 0.1) is 6.92 Å². The van der Waals surface area contributed by atoms with E-state index in [4.69, 9.17) is 0 Å². The van der Waals surface area contributed by atoms with Crippen molar-refractivity contribution in [2.75, 3.05) is 37.3 Å². The largest absolute Gasteiger partial charge is 0.325 e. The van der Waals surface area contributed by atoms with Crippen molar-refractivity contribution in [3.63, 3.8) is 0 Å². The normalized spacial score (nSPS) is 15.5. The summed E-state index contributed by atoms with van der Waals surface area (Å²) < 4.78 is 26.7. The average molecular weight is 459 g/mol. The van der Waals surface area contributed by atoms with Gasteiger partial charge in [-0.05, 0) is 70.1 Å². The molecule has 0 spiro atoms. The van der Waals surface area contributed by atoms with Gasteiger partial charge in [0.15, 0.2) is 0 Å². The van der Waals surface area contributed by atoms with Crippen LogP contribution in [0.5, 0.6) is 0 Å². The van der Waals surface area contributed by atoms with Gasteiger partial charge >= 0.3 is 0 Å². The summed E-state index contributed by atoms with van der Waals surface area (Å²) in [6.07, 6.45) is 1.75. The molecule has 2 aromatic rings. The van der Waals surface area contributed by atoms with E-state index in [-0.39, 0.29) is 23.3 Å². The molecule has 0 saturated carbocycles. The highest BCUT2D eigenvalue weighted by molar-refractivity contribution is 7.89. The number of rotatable bonds is 8.